The molecule has 17 heteroatoms. The van der Waals surface area contributed by atoms with E-state index in [0.717, 1.165) is 39.0 Å². The van der Waals surface area contributed by atoms with Gasteiger partial charge in [-0.15, -0.1) is 5.10 Å². The number of amides is 4. The summed E-state index contributed by atoms with van der Waals surface area (Å²) in [5, 5.41) is 21.6. The van der Waals surface area contributed by atoms with Crippen LogP contribution in [-0.4, -0.2) is 97.6 Å². The minimum Gasteiger partial charge on any atom is -0.384 e. The molecule has 1 unspecified atom stereocenters. The highest BCUT2D eigenvalue weighted by atomic mass is 19.4. The van der Waals surface area contributed by atoms with Gasteiger partial charge in [-0.05, 0) is 50.8 Å². The van der Waals surface area contributed by atoms with E-state index in [2.05, 4.69) is 20.6 Å². The molecule has 4 N–H and O–H groups in total. The second kappa shape index (κ2) is 15.8. The number of alkyl halides is 3. The highest BCUT2D eigenvalue weighted by Gasteiger charge is 2.49. The van der Waals surface area contributed by atoms with Gasteiger partial charge in [0.1, 0.15) is 22.9 Å². The number of benzene rings is 1. The number of ketones is 1. The molecule has 0 radical (unpaired) electrons. The van der Waals surface area contributed by atoms with Gasteiger partial charge in [-0.2, -0.15) is 13.2 Å². The smallest absolute Gasteiger partial charge is 0.384 e. The van der Waals surface area contributed by atoms with Crippen molar-refractivity contribution in [2.45, 2.75) is 114 Å². The van der Waals surface area contributed by atoms with Crippen LogP contribution >= 0.6 is 0 Å². The number of nitrogens with two attached hydrogens (primary N) is 1. The van der Waals surface area contributed by atoms with E-state index in [4.69, 9.17) is 10.5 Å². The number of nitrogens with one attached hydrogen (secondary N) is 1. The van der Waals surface area contributed by atoms with Crippen LogP contribution in [0.1, 0.15) is 112 Å². The van der Waals surface area contributed by atoms with Gasteiger partial charge in [-0.1, -0.05) is 49.5 Å². The molecule has 53 heavy (non-hydrogen) atoms. The Morgan fingerprint density at radius 1 is 1.08 bits per heavy atom. The zero-order chi connectivity index (χ0) is 38.7. The molecule has 288 valence electrons. The van der Waals surface area contributed by atoms with E-state index in [-0.39, 0.29) is 68.2 Å². The Kier molecular flexibility index (Phi) is 11.9. The lowest BCUT2D eigenvalue weighted by atomic mass is 9.84. The molecule has 0 bridgehead atoms. The van der Waals surface area contributed by atoms with Crippen molar-refractivity contribution >= 4 is 35.1 Å². The molecule has 1 saturated carbocycles. The molecule has 3 heterocycles. The van der Waals surface area contributed by atoms with E-state index in [1.54, 1.807) is 0 Å². The molecule has 2 aromatic rings. The number of nitrogens with zero attached hydrogens (tertiary/aromatic N) is 5. The van der Waals surface area contributed by atoms with Crippen molar-refractivity contribution < 1.29 is 47.0 Å². The fourth-order valence-electron chi connectivity index (χ4n) is 7.40. The number of hydrogen-bond acceptors (Lipinski definition) is 9. The maximum Gasteiger partial charge on any atom is 0.395 e. The molecule has 4 amide bonds. The lowest BCUT2D eigenvalue weighted by molar-refractivity contribution is -0.146. The SMILES string of the molecule is CC(c1ccc(C(=O)N=C(CC2CCCCC2)C(=O)N2C[C@@H](n3nncc3C(C)(C)O)C[C@H]2C(=O)NC2(C(=O)C(N)=O)CCOCC2)cc1)C(F)(F)F. The monoisotopic (exact) mass is 745 g/mol. The van der Waals surface area contributed by atoms with Crippen LogP contribution in [0.4, 0.5) is 13.2 Å². The van der Waals surface area contributed by atoms with Crippen LogP contribution in [0.5, 0.6) is 0 Å². The second-order valence-electron chi connectivity index (χ2n) is 14.8. The number of aromatic nitrogens is 3. The highest BCUT2D eigenvalue weighted by Crippen LogP contribution is 2.36. The Hall–Kier alpha value is -4.51. The first kappa shape index (κ1) is 39.7. The molecule has 5 rings (SSSR count). The van der Waals surface area contributed by atoms with Crippen LogP contribution < -0.4 is 11.1 Å². The maximum atomic E-state index is 14.6. The highest BCUT2D eigenvalue weighted by molar-refractivity contribution is 6.41. The summed E-state index contributed by atoms with van der Waals surface area (Å²) in [7, 11) is 0. The van der Waals surface area contributed by atoms with E-state index in [9.17, 15) is 42.3 Å². The zero-order valence-corrected chi connectivity index (χ0v) is 30.0. The van der Waals surface area contributed by atoms with Crippen LogP contribution in [0, 0.1) is 5.92 Å². The number of halogens is 3. The van der Waals surface area contributed by atoms with Crippen LogP contribution in [0.15, 0.2) is 35.5 Å². The van der Waals surface area contributed by atoms with Crippen LogP contribution in [0.25, 0.3) is 0 Å². The second-order valence-corrected chi connectivity index (χ2v) is 14.8. The number of primary amides is 1. The molecule has 14 nitrogen and oxygen atoms in total. The van der Waals surface area contributed by atoms with Crippen molar-refractivity contribution in [3.63, 3.8) is 0 Å². The molecule has 1 aromatic heterocycles. The van der Waals surface area contributed by atoms with Crippen molar-refractivity contribution in [3.05, 3.63) is 47.3 Å². The Morgan fingerprint density at radius 2 is 1.72 bits per heavy atom. The third-order valence-electron chi connectivity index (χ3n) is 10.6. The van der Waals surface area contributed by atoms with Gasteiger partial charge in [-0.3, -0.25) is 24.0 Å². The topological polar surface area (TPSA) is 199 Å². The van der Waals surface area contributed by atoms with Crippen LogP contribution in [-0.2, 0) is 29.5 Å². The Balaban J connectivity index is 1.51. The summed E-state index contributed by atoms with van der Waals surface area (Å²) in [6.45, 7) is 4.10. The number of aliphatic hydroxyl groups is 1. The average Bonchev–Trinajstić information content (AvgIpc) is 3.80. The van der Waals surface area contributed by atoms with E-state index >= 15 is 0 Å². The van der Waals surface area contributed by atoms with E-state index in [1.807, 2.05) is 0 Å². The Bertz CT molecular complexity index is 1720. The first-order valence-electron chi connectivity index (χ1n) is 17.9. The molecule has 0 spiro atoms. The van der Waals surface area contributed by atoms with Crippen LogP contribution in [0.3, 0.4) is 0 Å². The van der Waals surface area contributed by atoms with Gasteiger partial charge in [0.05, 0.1) is 23.9 Å². The number of Topliss-reactive ketones (excluding diaryl/α,β-unsaturated/α-hetero) is 1. The summed E-state index contributed by atoms with van der Waals surface area (Å²) in [6, 6.07) is 2.94. The van der Waals surface area contributed by atoms with Gasteiger partial charge in [-0.25, -0.2) is 9.67 Å². The third kappa shape index (κ3) is 9.00. The van der Waals surface area contributed by atoms with Gasteiger partial charge < -0.3 is 25.8 Å². The molecule has 2 aliphatic heterocycles. The number of carbonyl (C=O) groups excluding carboxylic acids is 5. The molecule has 1 aliphatic carbocycles. The number of aliphatic imine (C=N–C) groups is 1. The standard InChI is InChI=1S/C36H46F3N7O7/c1-21(36(37,38)39)23-9-11-24(12-10-23)31(49)42-26(17-22-7-5-4-6-8-22)33(51)45-20-25(46-28(19-41-44-46)34(2,3)52)18-27(45)32(50)43-35(29(47)30(40)48)13-15-53-16-14-35/h9-12,19,21-22,25,27,52H,4-8,13-18,20H2,1-3H3,(H2,40,48)(H,43,50)/t21?,25-,27-/m0/s1. The van der Waals surface area contributed by atoms with Crippen molar-refractivity contribution in [1.82, 2.24) is 25.2 Å². The van der Waals surface area contributed by atoms with Crippen molar-refractivity contribution in [2.24, 2.45) is 16.6 Å². The lowest BCUT2D eigenvalue weighted by Gasteiger charge is -2.37. The summed E-state index contributed by atoms with van der Waals surface area (Å²) in [5.74, 6) is -6.28. The summed E-state index contributed by atoms with van der Waals surface area (Å²) in [5.41, 5.74) is 2.46. The van der Waals surface area contributed by atoms with Crippen molar-refractivity contribution in [3.8, 4) is 0 Å². The summed E-state index contributed by atoms with van der Waals surface area (Å²) in [4.78, 5) is 73.1. The number of carbonyl (C=O) groups is 5. The van der Waals surface area contributed by atoms with Crippen LogP contribution in [0.2, 0.25) is 0 Å². The quantitative estimate of drug-likeness (QED) is 0.228. The number of rotatable bonds is 11. The van der Waals surface area contributed by atoms with Gasteiger partial charge in [0.15, 0.2) is 0 Å². The maximum absolute atomic E-state index is 14.6. The molecule has 2 saturated heterocycles. The molecule has 3 aliphatic rings. The van der Waals surface area contributed by atoms with Gasteiger partial charge in [0.2, 0.25) is 11.7 Å². The Labute approximate surface area is 304 Å². The van der Waals surface area contributed by atoms with E-state index in [1.165, 1.54) is 53.9 Å². The summed E-state index contributed by atoms with van der Waals surface area (Å²) >= 11 is 0. The molecule has 3 fully saturated rings. The third-order valence-corrected chi connectivity index (χ3v) is 10.6. The molecule has 3 atom stereocenters. The Morgan fingerprint density at radius 3 is 2.30 bits per heavy atom. The summed E-state index contributed by atoms with van der Waals surface area (Å²) < 4.78 is 46.8. The average molecular weight is 746 g/mol. The minimum absolute atomic E-state index is 0.00994. The van der Waals surface area contributed by atoms with Crippen molar-refractivity contribution in [2.75, 3.05) is 19.8 Å². The fraction of sp³-hybridized carbons (Fsp3) is 0.611. The first-order chi connectivity index (χ1) is 24.9. The molecular formula is C36H46F3N7O7. The number of ether oxygens (including phenoxy) is 1. The van der Waals surface area contributed by atoms with E-state index in [0.29, 0.717) is 5.69 Å². The molecule has 1 aromatic carbocycles. The minimum atomic E-state index is -4.48. The predicted molar refractivity (Wildman–Crippen MR) is 183 cm³/mol. The zero-order valence-electron chi connectivity index (χ0n) is 30.0. The largest absolute Gasteiger partial charge is 0.395 e. The van der Waals surface area contributed by atoms with Gasteiger partial charge >= 0.3 is 6.18 Å². The predicted octanol–water partition coefficient (Wildman–Crippen LogP) is 3.28. The van der Waals surface area contributed by atoms with Gasteiger partial charge in [0.25, 0.3) is 17.7 Å². The van der Waals surface area contributed by atoms with Crippen molar-refractivity contribution in [1.29, 1.82) is 0 Å². The number of likely N-dealkylation sites (tertiary alicyclic amines) is 1. The first-order valence-corrected chi connectivity index (χ1v) is 17.9. The normalized spacial score (nSPS) is 21.9. The fourth-order valence-corrected chi connectivity index (χ4v) is 7.40. The van der Waals surface area contributed by atoms with Gasteiger partial charge in [0, 0.05) is 44.6 Å². The lowest BCUT2D eigenvalue weighted by Crippen LogP contribution is -2.63. The summed E-state index contributed by atoms with van der Waals surface area (Å²) in [6.07, 6.45) is 1.34. The number of hydrogen-bond donors (Lipinski definition) is 3. The molecular weight excluding hydrogens is 699 g/mol. The van der Waals surface area contributed by atoms with E-state index < -0.39 is 64.7 Å².